The summed E-state index contributed by atoms with van der Waals surface area (Å²) >= 11 is 0. The number of furan rings is 1. The van der Waals surface area contributed by atoms with Crippen molar-refractivity contribution in [3.05, 3.63) is 58.5 Å². The van der Waals surface area contributed by atoms with Crippen LogP contribution in [-0.2, 0) is 26.2 Å². The second kappa shape index (κ2) is 6.04. The first-order chi connectivity index (χ1) is 10.1. The van der Waals surface area contributed by atoms with E-state index in [1.165, 1.54) is 16.7 Å². The molecule has 0 amide bonds. The van der Waals surface area contributed by atoms with Crippen molar-refractivity contribution in [3.8, 4) is 0 Å². The van der Waals surface area contributed by atoms with Gasteiger partial charge in [-0.05, 0) is 29.7 Å². The van der Waals surface area contributed by atoms with Gasteiger partial charge in [0, 0.05) is 19.1 Å². The third-order valence-electron chi connectivity index (χ3n) is 4.03. The van der Waals surface area contributed by atoms with Gasteiger partial charge < -0.3 is 9.73 Å². The van der Waals surface area contributed by atoms with Crippen molar-refractivity contribution in [2.75, 3.05) is 0 Å². The van der Waals surface area contributed by atoms with Crippen LogP contribution in [-0.4, -0.2) is 10.9 Å². The summed E-state index contributed by atoms with van der Waals surface area (Å²) in [5.41, 5.74) is 4.14. The molecule has 0 saturated heterocycles. The molecule has 0 atom stereocenters. The van der Waals surface area contributed by atoms with Crippen LogP contribution >= 0.6 is 0 Å². The highest BCUT2D eigenvalue weighted by Crippen LogP contribution is 2.25. The molecular weight excluding hydrogens is 260 g/mol. The minimum atomic E-state index is 0.478. The summed E-state index contributed by atoms with van der Waals surface area (Å²) in [6.45, 7) is 10.2. The molecule has 0 spiro atoms. The third-order valence-corrected chi connectivity index (χ3v) is 4.03. The second-order valence-corrected chi connectivity index (χ2v) is 6.27. The summed E-state index contributed by atoms with van der Waals surface area (Å²) < 4.78 is 6.02. The van der Waals surface area contributed by atoms with Crippen LogP contribution in [0.15, 0.2) is 34.7 Å². The number of nitrogens with one attached hydrogen (secondary N) is 1. The smallest absolute Gasteiger partial charge is 0.120 e. The summed E-state index contributed by atoms with van der Waals surface area (Å²) in [4.78, 5) is 2.43. The van der Waals surface area contributed by atoms with Crippen LogP contribution in [0.5, 0.6) is 0 Å². The average Bonchev–Trinajstić information content (AvgIpc) is 2.99. The van der Waals surface area contributed by atoms with E-state index in [1.807, 2.05) is 0 Å². The Bertz CT molecular complexity index is 590. The predicted molar refractivity (Wildman–Crippen MR) is 84.8 cm³/mol. The first-order valence-electron chi connectivity index (χ1n) is 7.72. The lowest BCUT2D eigenvalue weighted by atomic mass is 10.1. The van der Waals surface area contributed by atoms with Crippen molar-refractivity contribution in [1.82, 2.24) is 10.2 Å². The number of benzene rings is 1. The van der Waals surface area contributed by atoms with Crippen LogP contribution < -0.4 is 5.32 Å². The zero-order valence-corrected chi connectivity index (χ0v) is 13.1. The first kappa shape index (κ1) is 14.4. The minimum absolute atomic E-state index is 0.478. The van der Waals surface area contributed by atoms with Crippen molar-refractivity contribution < 1.29 is 4.42 Å². The fraction of sp³-hybridized carbons (Fsp3) is 0.444. The summed E-state index contributed by atoms with van der Waals surface area (Å²) in [6.07, 6.45) is 0. The SMILES string of the molecule is Cc1cc(CN2Cc3ccccc3C2)oc1CNC(C)C. The molecule has 2 heterocycles. The fourth-order valence-corrected chi connectivity index (χ4v) is 2.88. The Morgan fingerprint density at radius 1 is 1.19 bits per heavy atom. The van der Waals surface area contributed by atoms with Crippen LogP contribution in [0.4, 0.5) is 0 Å². The zero-order chi connectivity index (χ0) is 14.8. The predicted octanol–water partition coefficient (Wildman–Crippen LogP) is 3.60. The standard InChI is InChI=1S/C18H24N2O/c1-13(2)19-9-18-14(3)8-17(21-18)12-20-10-15-6-4-5-7-16(15)11-20/h4-8,13,19H,9-12H2,1-3H3. The maximum Gasteiger partial charge on any atom is 0.120 e. The van der Waals surface area contributed by atoms with Crippen molar-refractivity contribution in [1.29, 1.82) is 0 Å². The summed E-state index contributed by atoms with van der Waals surface area (Å²) in [6, 6.07) is 11.3. The molecule has 3 nitrogen and oxygen atoms in total. The van der Waals surface area contributed by atoms with Crippen LogP contribution in [0.2, 0.25) is 0 Å². The van der Waals surface area contributed by atoms with Gasteiger partial charge in [-0.3, -0.25) is 4.90 Å². The molecule has 3 rings (SSSR count). The molecule has 0 fully saturated rings. The highest BCUT2D eigenvalue weighted by molar-refractivity contribution is 5.30. The Morgan fingerprint density at radius 3 is 2.48 bits per heavy atom. The molecule has 0 saturated carbocycles. The summed E-state index contributed by atoms with van der Waals surface area (Å²) in [7, 11) is 0. The minimum Gasteiger partial charge on any atom is -0.463 e. The molecule has 2 aromatic rings. The lowest BCUT2D eigenvalue weighted by Crippen LogP contribution is -2.21. The van der Waals surface area contributed by atoms with Gasteiger partial charge in [0.1, 0.15) is 11.5 Å². The van der Waals surface area contributed by atoms with E-state index in [0.29, 0.717) is 6.04 Å². The van der Waals surface area contributed by atoms with E-state index in [9.17, 15) is 0 Å². The summed E-state index contributed by atoms with van der Waals surface area (Å²) in [5, 5.41) is 3.42. The molecule has 0 unspecified atom stereocenters. The maximum absolute atomic E-state index is 6.02. The maximum atomic E-state index is 6.02. The summed E-state index contributed by atoms with van der Waals surface area (Å²) in [5.74, 6) is 2.14. The van der Waals surface area contributed by atoms with E-state index in [-0.39, 0.29) is 0 Å². The topological polar surface area (TPSA) is 28.4 Å². The van der Waals surface area contributed by atoms with E-state index in [4.69, 9.17) is 4.42 Å². The van der Waals surface area contributed by atoms with Gasteiger partial charge in [0.15, 0.2) is 0 Å². The van der Waals surface area contributed by atoms with Crippen LogP contribution in [0.1, 0.15) is 42.1 Å². The number of fused-ring (bicyclic) bond motifs is 1. The van der Waals surface area contributed by atoms with Gasteiger partial charge >= 0.3 is 0 Å². The monoisotopic (exact) mass is 284 g/mol. The van der Waals surface area contributed by atoms with Crippen molar-refractivity contribution in [3.63, 3.8) is 0 Å². The molecular formula is C18H24N2O. The Labute approximate surface area is 127 Å². The van der Waals surface area contributed by atoms with Crippen molar-refractivity contribution in [2.24, 2.45) is 0 Å². The number of hydrogen-bond acceptors (Lipinski definition) is 3. The zero-order valence-electron chi connectivity index (χ0n) is 13.1. The quantitative estimate of drug-likeness (QED) is 0.909. The van der Waals surface area contributed by atoms with Crippen molar-refractivity contribution >= 4 is 0 Å². The van der Waals surface area contributed by atoms with E-state index < -0.39 is 0 Å². The molecule has 0 aliphatic carbocycles. The lowest BCUT2D eigenvalue weighted by molar-refractivity contribution is 0.247. The largest absolute Gasteiger partial charge is 0.463 e. The molecule has 1 N–H and O–H groups in total. The Hall–Kier alpha value is -1.58. The van der Waals surface area contributed by atoms with Crippen molar-refractivity contribution in [2.45, 2.75) is 53.0 Å². The number of hydrogen-bond donors (Lipinski definition) is 1. The molecule has 3 heteroatoms. The molecule has 0 radical (unpaired) electrons. The van der Waals surface area contributed by atoms with Gasteiger partial charge in [-0.25, -0.2) is 0 Å². The van der Waals surface area contributed by atoms with Gasteiger partial charge in [0.2, 0.25) is 0 Å². The molecule has 21 heavy (non-hydrogen) atoms. The first-order valence-corrected chi connectivity index (χ1v) is 7.72. The normalized spacial score (nSPS) is 14.9. The molecule has 1 aliphatic rings. The molecule has 112 valence electrons. The fourth-order valence-electron chi connectivity index (χ4n) is 2.88. The van der Waals surface area contributed by atoms with E-state index in [2.05, 4.69) is 61.3 Å². The van der Waals surface area contributed by atoms with Gasteiger partial charge in [-0.2, -0.15) is 0 Å². The van der Waals surface area contributed by atoms with Gasteiger partial charge in [0.05, 0.1) is 13.1 Å². The van der Waals surface area contributed by atoms with E-state index in [0.717, 1.165) is 37.7 Å². The van der Waals surface area contributed by atoms with Gasteiger partial charge in [0.25, 0.3) is 0 Å². The van der Waals surface area contributed by atoms with E-state index >= 15 is 0 Å². The molecule has 1 aliphatic heterocycles. The Kier molecular flexibility index (Phi) is 4.13. The van der Waals surface area contributed by atoms with Crippen LogP contribution in [0.3, 0.4) is 0 Å². The Balaban J connectivity index is 1.63. The lowest BCUT2D eigenvalue weighted by Gasteiger charge is -2.12. The molecule has 1 aromatic heterocycles. The second-order valence-electron chi connectivity index (χ2n) is 6.27. The van der Waals surface area contributed by atoms with Gasteiger partial charge in [-0.1, -0.05) is 38.1 Å². The highest BCUT2D eigenvalue weighted by atomic mass is 16.3. The number of nitrogens with zero attached hydrogens (tertiary/aromatic N) is 1. The average molecular weight is 284 g/mol. The number of rotatable bonds is 5. The molecule has 1 aromatic carbocycles. The number of aryl methyl sites for hydroxylation is 1. The van der Waals surface area contributed by atoms with Crippen LogP contribution in [0.25, 0.3) is 0 Å². The van der Waals surface area contributed by atoms with E-state index in [1.54, 1.807) is 0 Å². The molecule has 0 bridgehead atoms. The van der Waals surface area contributed by atoms with Crippen LogP contribution in [0, 0.1) is 6.92 Å². The Morgan fingerprint density at radius 2 is 1.86 bits per heavy atom. The third kappa shape index (κ3) is 3.36. The van der Waals surface area contributed by atoms with Gasteiger partial charge in [-0.15, -0.1) is 0 Å². The highest BCUT2D eigenvalue weighted by Gasteiger charge is 2.20.